The van der Waals surface area contributed by atoms with Gasteiger partial charge >= 0.3 is 0 Å². The number of carbonyl (C=O) groups is 1. The van der Waals surface area contributed by atoms with Crippen LogP contribution in [0.2, 0.25) is 0 Å². The number of carbonyl (C=O) groups excluding carboxylic acids is 1. The summed E-state index contributed by atoms with van der Waals surface area (Å²) in [6.45, 7) is 5.02. The molecule has 4 aromatic rings. The Morgan fingerprint density at radius 3 is 2.71 bits per heavy atom. The predicted molar refractivity (Wildman–Crippen MR) is 129 cm³/mol. The topological polar surface area (TPSA) is 87.0 Å². The van der Waals surface area contributed by atoms with Crippen LogP contribution in [-0.4, -0.2) is 40.8 Å². The number of hydrogen-bond donors (Lipinski definition) is 1. The highest BCUT2D eigenvalue weighted by Crippen LogP contribution is 2.33. The molecule has 0 atom stereocenters. The number of aromatic nitrogens is 3. The van der Waals surface area contributed by atoms with Gasteiger partial charge in [0.2, 0.25) is 5.91 Å². The fraction of sp³-hybridized carbons (Fsp3) is 0.269. The number of para-hydroxylation sites is 1. The first-order chi connectivity index (χ1) is 16.5. The number of ether oxygens (including phenoxy) is 3. The molecule has 0 fully saturated rings. The summed E-state index contributed by atoms with van der Waals surface area (Å²) in [5.41, 5.74) is 6.03. The molecule has 174 valence electrons. The van der Waals surface area contributed by atoms with E-state index in [-0.39, 0.29) is 5.91 Å². The Morgan fingerprint density at radius 1 is 1.09 bits per heavy atom. The lowest BCUT2D eigenvalue weighted by Crippen LogP contribution is -2.17. The number of amides is 1. The highest BCUT2D eigenvalue weighted by Gasteiger charge is 2.17. The second-order valence-electron chi connectivity index (χ2n) is 8.17. The summed E-state index contributed by atoms with van der Waals surface area (Å²) in [5, 5.41) is 7.72. The van der Waals surface area contributed by atoms with E-state index in [2.05, 4.69) is 5.32 Å². The Labute approximate surface area is 197 Å². The molecule has 3 heterocycles. The molecular weight excluding hydrogens is 432 g/mol. The van der Waals surface area contributed by atoms with E-state index in [0.29, 0.717) is 43.2 Å². The molecule has 0 saturated heterocycles. The van der Waals surface area contributed by atoms with E-state index in [1.165, 1.54) is 0 Å². The van der Waals surface area contributed by atoms with Gasteiger partial charge in [0, 0.05) is 41.2 Å². The Morgan fingerprint density at radius 2 is 1.88 bits per heavy atom. The van der Waals surface area contributed by atoms with Crippen molar-refractivity contribution in [1.29, 1.82) is 0 Å². The van der Waals surface area contributed by atoms with E-state index in [0.717, 1.165) is 39.6 Å². The number of hydrogen-bond acceptors (Lipinski definition) is 6. The zero-order valence-corrected chi connectivity index (χ0v) is 19.4. The molecule has 0 radical (unpaired) electrons. The van der Waals surface area contributed by atoms with Crippen molar-refractivity contribution in [3.8, 4) is 28.5 Å². The lowest BCUT2D eigenvalue weighted by molar-refractivity contribution is -0.116. The van der Waals surface area contributed by atoms with Gasteiger partial charge in [-0.2, -0.15) is 5.10 Å². The number of aryl methyl sites for hydroxylation is 2. The fourth-order valence-corrected chi connectivity index (χ4v) is 4.26. The van der Waals surface area contributed by atoms with Crippen molar-refractivity contribution < 1.29 is 19.0 Å². The molecule has 0 aliphatic carbocycles. The van der Waals surface area contributed by atoms with Crippen molar-refractivity contribution in [2.24, 2.45) is 0 Å². The van der Waals surface area contributed by atoms with Gasteiger partial charge in [0.05, 0.1) is 12.8 Å². The van der Waals surface area contributed by atoms with E-state index in [9.17, 15) is 4.79 Å². The Balaban J connectivity index is 1.34. The molecule has 2 aromatic heterocycles. The predicted octanol–water partition coefficient (Wildman–Crippen LogP) is 4.36. The van der Waals surface area contributed by atoms with Crippen molar-refractivity contribution in [2.75, 3.05) is 25.6 Å². The number of fused-ring (bicyclic) bond motifs is 2. The number of anilines is 1. The van der Waals surface area contributed by atoms with E-state index in [1.54, 1.807) is 13.2 Å². The molecule has 1 N–H and O–H groups in total. The van der Waals surface area contributed by atoms with Gasteiger partial charge in [0.15, 0.2) is 17.1 Å². The van der Waals surface area contributed by atoms with Crippen LogP contribution in [0, 0.1) is 13.8 Å². The quantitative estimate of drug-likeness (QED) is 0.462. The lowest BCUT2D eigenvalue weighted by atomic mass is 10.1. The van der Waals surface area contributed by atoms with Gasteiger partial charge in [-0.15, -0.1) is 0 Å². The maximum absolute atomic E-state index is 12.7. The summed E-state index contributed by atoms with van der Waals surface area (Å²) in [7, 11) is 1.65. The molecule has 5 rings (SSSR count). The number of nitrogens with one attached hydrogen (secondary N) is 1. The first-order valence-corrected chi connectivity index (χ1v) is 11.2. The van der Waals surface area contributed by atoms with Gasteiger partial charge in [-0.05, 0) is 50.1 Å². The zero-order valence-electron chi connectivity index (χ0n) is 19.4. The molecule has 2 aromatic carbocycles. The van der Waals surface area contributed by atoms with Crippen LogP contribution < -0.4 is 19.5 Å². The van der Waals surface area contributed by atoms with E-state index in [4.69, 9.17) is 24.3 Å². The average Bonchev–Trinajstić information content (AvgIpc) is 3.27. The van der Waals surface area contributed by atoms with Crippen LogP contribution in [0.1, 0.15) is 23.4 Å². The summed E-state index contributed by atoms with van der Waals surface area (Å²) in [4.78, 5) is 17.4. The van der Waals surface area contributed by atoms with Crippen molar-refractivity contribution in [2.45, 2.75) is 26.7 Å². The summed E-state index contributed by atoms with van der Waals surface area (Å²) < 4.78 is 18.5. The molecule has 8 heteroatoms. The molecule has 1 amide bonds. The molecule has 0 bridgehead atoms. The van der Waals surface area contributed by atoms with Crippen LogP contribution >= 0.6 is 0 Å². The van der Waals surface area contributed by atoms with Crippen LogP contribution in [0.4, 0.5) is 5.69 Å². The minimum atomic E-state index is -0.0780. The minimum absolute atomic E-state index is 0.0780. The minimum Gasteiger partial charge on any atom is -0.496 e. The molecule has 0 saturated carbocycles. The maximum Gasteiger partial charge on any atom is 0.224 e. The third kappa shape index (κ3) is 4.14. The fourth-order valence-electron chi connectivity index (χ4n) is 4.26. The average molecular weight is 459 g/mol. The standard InChI is InChI=1S/C26H26N4O4/c1-16-19(9-11-26(31)28-18-8-10-23-24(14-18)34-13-12-33-23)17(2)30-25(27-16)15-21(29-30)20-6-4-5-7-22(20)32-3/h4-8,10,14-15H,9,11-13H2,1-3H3,(H,28,31). The van der Waals surface area contributed by atoms with Crippen molar-refractivity contribution in [1.82, 2.24) is 14.6 Å². The van der Waals surface area contributed by atoms with E-state index in [1.807, 2.05) is 60.8 Å². The summed E-state index contributed by atoms with van der Waals surface area (Å²) in [6.07, 6.45) is 0.880. The highest BCUT2D eigenvalue weighted by atomic mass is 16.6. The van der Waals surface area contributed by atoms with Crippen molar-refractivity contribution >= 4 is 17.2 Å². The number of nitrogens with zero attached hydrogens (tertiary/aromatic N) is 3. The second kappa shape index (κ2) is 9.05. The second-order valence-corrected chi connectivity index (χ2v) is 8.17. The number of benzene rings is 2. The summed E-state index contributed by atoms with van der Waals surface area (Å²) in [6, 6.07) is 15.2. The number of methoxy groups -OCH3 is 1. The Bertz CT molecular complexity index is 1380. The maximum atomic E-state index is 12.7. The van der Waals surface area contributed by atoms with E-state index < -0.39 is 0 Å². The molecule has 0 spiro atoms. The van der Waals surface area contributed by atoms with Gasteiger partial charge in [0.25, 0.3) is 0 Å². The van der Waals surface area contributed by atoms with Gasteiger partial charge < -0.3 is 19.5 Å². The molecular formula is C26H26N4O4. The SMILES string of the molecule is COc1ccccc1-c1cc2nc(C)c(CCC(=O)Nc3ccc4c(c3)OCCO4)c(C)n2n1. The normalized spacial score (nSPS) is 12.6. The smallest absolute Gasteiger partial charge is 0.224 e. The first-order valence-electron chi connectivity index (χ1n) is 11.2. The van der Waals surface area contributed by atoms with Crippen LogP contribution in [0.15, 0.2) is 48.5 Å². The van der Waals surface area contributed by atoms with Crippen LogP contribution in [0.5, 0.6) is 17.2 Å². The molecule has 0 unspecified atom stereocenters. The summed E-state index contributed by atoms with van der Waals surface area (Å²) >= 11 is 0. The summed E-state index contributed by atoms with van der Waals surface area (Å²) in [5.74, 6) is 2.03. The molecule has 34 heavy (non-hydrogen) atoms. The monoisotopic (exact) mass is 458 g/mol. The Hall–Kier alpha value is -4.07. The van der Waals surface area contributed by atoms with Gasteiger partial charge in [-0.3, -0.25) is 4.79 Å². The third-order valence-corrected chi connectivity index (χ3v) is 5.97. The van der Waals surface area contributed by atoms with Crippen LogP contribution in [0.25, 0.3) is 16.9 Å². The molecule has 1 aliphatic rings. The highest BCUT2D eigenvalue weighted by molar-refractivity contribution is 5.91. The van der Waals surface area contributed by atoms with Gasteiger partial charge in [-0.1, -0.05) is 12.1 Å². The Kier molecular flexibility index (Phi) is 5.79. The number of rotatable bonds is 6. The largest absolute Gasteiger partial charge is 0.496 e. The third-order valence-electron chi connectivity index (χ3n) is 5.97. The molecule has 1 aliphatic heterocycles. The van der Waals surface area contributed by atoms with Crippen molar-refractivity contribution in [3.05, 3.63) is 65.5 Å². The van der Waals surface area contributed by atoms with Crippen LogP contribution in [-0.2, 0) is 11.2 Å². The zero-order chi connectivity index (χ0) is 23.7. The van der Waals surface area contributed by atoms with E-state index >= 15 is 0 Å². The van der Waals surface area contributed by atoms with Gasteiger partial charge in [0.1, 0.15) is 19.0 Å². The van der Waals surface area contributed by atoms with Gasteiger partial charge in [-0.25, -0.2) is 9.50 Å². The van der Waals surface area contributed by atoms with Crippen molar-refractivity contribution in [3.63, 3.8) is 0 Å². The van der Waals surface area contributed by atoms with Crippen LogP contribution in [0.3, 0.4) is 0 Å². The lowest BCUT2D eigenvalue weighted by Gasteiger charge is -2.19. The first kappa shape index (κ1) is 21.8. The molecule has 8 nitrogen and oxygen atoms in total.